The summed E-state index contributed by atoms with van der Waals surface area (Å²) in [6.07, 6.45) is -4.81. The maximum Gasteiger partial charge on any atom is 0.189 e. The number of carbonyl (C=O) groups is 1. The van der Waals surface area contributed by atoms with Gasteiger partial charge in [-0.05, 0) is 0 Å². The lowest BCUT2D eigenvalue weighted by Crippen LogP contribution is -2.44. The average molecular weight is 197 g/mol. The number of aliphatic hydroxyl groups excluding tert-OH is 4. The van der Waals surface area contributed by atoms with Crippen LogP contribution in [0.1, 0.15) is 0 Å². The Hall–Kier alpha value is -0.140. The first-order valence-corrected chi connectivity index (χ1v) is 3.88. The number of hydrogen-bond donors (Lipinski definition) is 5. The highest BCUT2D eigenvalue weighted by Gasteiger charge is 2.28. The van der Waals surface area contributed by atoms with Gasteiger partial charge in [0.1, 0.15) is 19.9 Å². The summed E-state index contributed by atoms with van der Waals surface area (Å²) < 4.78 is 6.65. The van der Waals surface area contributed by atoms with E-state index in [9.17, 15) is 4.79 Å². The van der Waals surface area contributed by atoms with Crippen LogP contribution < -0.4 is 0 Å². The van der Waals surface area contributed by atoms with E-state index in [-0.39, 0.29) is 5.75 Å². The minimum atomic E-state index is -1.80. The molecule has 5 nitrogen and oxygen atoms in total. The van der Waals surface area contributed by atoms with E-state index in [0.29, 0.717) is 12.5 Å². The smallest absolute Gasteiger partial charge is 0.189 e. The number of ketones is 1. The molecule has 0 saturated heterocycles. The Labute approximate surface area is 76.1 Å². The van der Waals surface area contributed by atoms with E-state index in [1.165, 1.54) is 0 Å². The molecule has 3 atom stereocenters. The van der Waals surface area contributed by atoms with Gasteiger partial charge in [0.25, 0.3) is 0 Å². The third-order valence-corrected chi connectivity index (χ3v) is 1.72. The molecule has 6 heteroatoms. The van der Waals surface area contributed by atoms with Gasteiger partial charge in [-0.2, -0.15) is 12.5 Å². The van der Waals surface area contributed by atoms with Gasteiger partial charge in [-0.25, -0.2) is 0 Å². The molecule has 4 N–H and O–H groups in total. The van der Waals surface area contributed by atoms with Gasteiger partial charge < -0.3 is 20.4 Å². The van der Waals surface area contributed by atoms with Crippen molar-refractivity contribution in [3.63, 3.8) is 0 Å². The first kappa shape index (κ1) is 9.94. The second kappa shape index (κ2) is 5.50. The highest BCUT2D eigenvalue weighted by molar-refractivity contribution is 7.80. The molecule has 0 fully saturated rings. The highest BCUT2D eigenvalue weighted by Crippen LogP contribution is 2.02. The lowest BCUT2D eigenvalue weighted by atomic mass is 10.1. The normalized spacial score (nSPS) is 19.5. The number of carbonyl (C=O) groups excluding carboxylic acids is 1. The molecule has 12 heavy (non-hydrogen) atoms. The number of thiol groups is 1. The maximum absolute atomic E-state index is 10.6. The minimum absolute atomic E-state index is 0.114. The van der Waals surface area contributed by atoms with Gasteiger partial charge in [-0.15, -0.1) is 0 Å². The SMILES string of the molecule is [2H]SC[C@@H](O)[C@@H](O)[C@H](O)C(=O)CO. The number of aliphatic hydroxyl groups is 4. The van der Waals surface area contributed by atoms with Crippen molar-refractivity contribution < 1.29 is 25.2 Å². The van der Waals surface area contributed by atoms with Gasteiger partial charge in [-0.3, -0.25) is 4.79 Å². The first-order chi connectivity index (χ1) is 6.04. The van der Waals surface area contributed by atoms with E-state index in [0.717, 1.165) is 0 Å². The molecule has 72 valence electrons. The van der Waals surface area contributed by atoms with Crippen LogP contribution in [0.4, 0.5) is 0 Å². The summed E-state index contributed by atoms with van der Waals surface area (Å²) in [4.78, 5) is 10.6. The maximum atomic E-state index is 10.6. The van der Waals surface area contributed by atoms with Gasteiger partial charge in [0.05, 0.1) is 6.10 Å². The highest BCUT2D eigenvalue weighted by atomic mass is 32.1. The monoisotopic (exact) mass is 197 g/mol. The fraction of sp³-hybridized carbons (Fsp3) is 0.833. The topological polar surface area (TPSA) is 98.0 Å². The van der Waals surface area contributed by atoms with E-state index in [2.05, 4.69) is 0 Å². The van der Waals surface area contributed by atoms with E-state index in [1.807, 2.05) is 0 Å². The molecule has 0 aromatic heterocycles. The van der Waals surface area contributed by atoms with Crippen molar-refractivity contribution in [3.8, 4) is 0 Å². The second-order valence-corrected chi connectivity index (χ2v) is 2.63. The molecule has 0 rings (SSSR count). The van der Waals surface area contributed by atoms with Gasteiger partial charge in [0.15, 0.2) is 5.78 Å². The second-order valence-electron chi connectivity index (χ2n) is 2.29. The molecular weight excluding hydrogens is 184 g/mol. The van der Waals surface area contributed by atoms with Crippen LogP contribution in [0.15, 0.2) is 0 Å². The van der Waals surface area contributed by atoms with Crippen molar-refractivity contribution in [2.24, 2.45) is 0 Å². The number of rotatable bonds is 6. The number of hydrogen-bond acceptors (Lipinski definition) is 6. The zero-order valence-electron chi connectivity index (χ0n) is 7.25. The van der Waals surface area contributed by atoms with Crippen LogP contribution in [0, 0.1) is 0 Å². The van der Waals surface area contributed by atoms with Gasteiger partial charge in [0, 0.05) is 5.75 Å². The van der Waals surface area contributed by atoms with E-state index < -0.39 is 30.7 Å². The molecule has 0 aromatic rings. The molecule has 0 heterocycles. The fourth-order valence-corrected chi connectivity index (χ4v) is 0.790. The van der Waals surface area contributed by atoms with Crippen LogP contribution in [0.25, 0.3) is 0 Å². The Kier molecular flexibility index (Phi) is 4.55. The predicted octanol–water partition coefficient (Wildman–Crippen LogP) is -2.44. The van der Waals surface area contributed by atoms with Crippen molar-refractivity contribution in [3.05, 3.63) is 0 Å². The Morgan fingerprint density at radius 3 is 2.50 bits per heavy atom. The van der Waals surface area contributed by atoms with Crippen molar-refractivity contribution in [1.29, 1.82) is 1.12 Å². The van der Waals surface area contributed by atoms with Crippen molar-refractivity contribution in [2.75, 3.05) is 12.4 Å². The quantitative estimate of drug-likeness (QED) is 0.305. The lowest BCUT2D eigenvalue weighted by molar-refractivity contribution is -0.140. The Bertz CT molecular complexity index is 167. The molecule has 0 aliphatic rings. The summed E-state index contributed by atoms with van der Waals surface area (Å²) in [6.45, 7) is -0.890. The molecule has 0 saturated carbocycles. The van der Waals surface area contributed by atoms with E-state index in [4.69, 9.17) is 21.5 Å². The van der Waals surface area contributed by atoms with Gasteiger partial charge in [0.2, 0.25) is 0 Å². The molecule has 0 aliphatic heterocycles. The summed E-state index contributed by atoms with van der Waals surface area (Å²) in [5, 5.41) is 35.5. The zero-order chi connectivity index (χ0) is 10.4. The summed E-state index contributed by atoms with van der Waals surface area (Å²) in [6, 6.07) is 0. The van der Waals surface area contributed by atoms with E-state index in [1.54, 1.807) is 0 Å². The van der Waals surface area contributed by atoms with Crippen molar-refractivity contribution >= 4 is 18.3 Å². The fourth-order valence-electron chi connectivity index (χ4n) is 0.593. The average Bonchev–Trinajstić information content (AvgIpc) is 2.14. The van der Waals surface area contributed by atoms with E-state index >= 15 is 0 Å². The third kappa shape index (κ3) is 3.08. The standard InChI is InChI=1S/C6H12O5S/c7-1-3(8)5(10)6(11)4(9)2-12/h4-7,9-12H,1-2H2/t4-,5-,6-/m1/s1/i/hD. The number of Topliss-reactive ketones (excluding diaryl/α,β-unsaturated/α-hetero) is 1. The zero-order valence-corrected chi connectivity index (χ0v) is 7.07. The van der Waals surface area contributed by atoms with Crippen LogP contribution in [-0.4, -0.2) is 58.0 Å². The largest absolute Gasteiger partial charge is 0.389 e. The van der Waals surface area contributed by atoms with Crippen LogP contribution in [-0.2, 0) is 4.79 Å². The van der Waals surface area contributed by atoms with Gasteiger partial charge >= 0.3 is 0 Å². The Morgan fingerprint density at radius 2 is 2.08 bits per heavy atom. The molecular formula is C6H12O5S. The van der Waals surface area contributed by atoms with Gasteiger partial charge in [-0.1, -0.05) is 0 Å². The molecule has 0 aromatic carbocycles. The molecule has 0 aliphatic carbocycles. The Morgan fingerprint density at radius 1 is 1.50 bits per heavy atom. The molecule has 0 amide bonds. The molecule has 0 unspecified atom stereocenters. The minimum Gasteiger partial charge on any atom is -0.389 e. The molecule has 0 radical (unpaired) electrons. The molecule has 0 bridgehead atoms. The summed E-state index contributed by atoms with van der Waals surface area (Å²) >= 11 is 0.530. The van der Waals surface area contributed by atoms with Crippen LogP contribution in [0.3, 0.4) is 0 Å². The predicted molar refractivity (Wildman–Crippen MR) is 44.0 cm³/mol. The Balaban J connectivity index is 4.07. The first-order valence-electron chi connectivity index (χ1n) is 3.71. The van der Waals surface area contributed by atoms with Crippen molar-refractivity contribution in [1.82, 2.24) is 0 Å². The summed E-state index contributed by atoms with van der Waals surface area (Å²) in [5.41, 5.74) is 0. The van der Waals surface area contributed by atoms with Crippen LogP contribution in [0.2, 0.25) is 0 Å². The van der Waals surface area contributed by atoms with Crippen LogP contribution in [0.5, 0.6) is 0 Å². The summed E-state index contributed by atoms with van der Waals surface area (Å²) in [7, 11) is 0. The lowest BCUT2D eigenvalue weighted by Gasteiger charge is -2.19. The van der Waals surface area contributed by atoms with Crippen LogP contribution >= 0.6 is 12.5 Å². The molecule has 0 spiro atoms. The van der Waals surface area contributed by atoms with Crippen molar-refractivity contribution in [2.45, 2.75) is 18.3 Å². The third-order valence-electron chi connectivity index (χ3n) is 1.37. The summed E-state index contributed by atoms with van der Waals surface area (Å²) in [5.74, 6) is -1.07.